The molecule has 1 rings (SSSR count). The Balaban J connectivity index is 3.17. The Morgan fingerprint density at radius 3 is 2.29 bits per heavy atom. The highest BCUT2D eigenvalue weighted by Gasteiger charge is 2.36. The van der Waals surface area contributed by atoms with Gasteiger partial charge in [0.1, 0.15) is 5.75 Å². The summed E-state index contributed by atoms with van der Waals surface area (Å²) in [7, 11) is 1.27. The predicted molar refractivity (Wildman–Crippen MR) is 74.1 cm³/mol. The Bertz CT molecular complexity index is 511. The first-order valence-corrected chi connectivity index (χ1v) is 6.53. The Morgan fingerprint density at radius 1 is 1.29 bits per heavy atom. The van der Waals surface area contributed by atoms with Gasteiger partial charge in [0, 0.05) is 0 Å². The van der Waals surface area contributed by atoms with Crippen molar-refractivity contribution >= 4 is 11.6 Å². The summed E-state index contributed by atoms with van der Waals surface area (Å²) in [6.07, 6.45) is -3.95. The van der Waals surface area contributed by atoms with Crippen molar-refractivity contribution in [2.24, 2.45) is 5.73 Å². The summed E-state index contributed by atoms with van der Waals surface area (Å²) >= 11 is 0. The van der Waals surface area contributed by atoms with Crippen molar-refractivity contribution in [3.05, 3.63) is 23.8 Å². The van der Waals surface area contributed by atoms with E-state index in [0.29, 0.717) is 12.8 Å². The van der Waals surface area contributed by atoms with E-state index in [-0.39, 0.29) is 11.4 Å². The summed E-state index contributed by atoms with van der Waals surface area (Å²) in [6, 6.07) is 3.35. The number of ether oxygens (including phenoxy) is 1. The Labute approximate surface area is 121 Å². The minimum Gasteiger partial charge on any atom is -0.497 e. The molecule has 21 heavy (non-hydrogen) atoms. The maximum Gasteiger partial charge on any atom is 0.418 e. The van der Waals surface area contributed by atoms with Crippen LogP contribution < -0.4 is 15.8 Å². The van der Waals surface area contributed by atoms with E-state index in [1.165, 1.54) is 13.2 Å². The average Bonchev–Trinajstić information content (AvgIpc) is 2.45. The number of methoxy groups -OCH3 is 1. The number of alkyl halides is 3. The van der Waals surface area contributed by atoms with Gasteiger partial charge in [0.15, 0.2) is 0 Å². The number of amides is 1. The zero-order valence-corrected chi connectivity index (χ0v) is 12.2. The van der Waals surface area contributed by atoms with E-state index in [1.54, 1.807) is 13.8 Å². The molecule has 0 aromatic heterocycles. The minimum absolute atomic E-state index is 0.0605. The standard InChI is InChI=1S/C14H19F3N2O2/c1-4-13(18,5-2)12(20)19-11-7-6-9(21-3)8-10(11)14(15,16)17/h6-8H,4-5,18H2,1-3H3,(H,19,20). The molecule has 0 atom stereocenters. The number of rotatable bonds is 5. The molecular formula is C14H19F3N2O2. The maximum atomic E-state index is 13.0. The SMILES string of the molecule is CCC(N)(CC)C(=O)Nc1ccc(OC)cc1C(F)(F)F. The number of nitrogens with one attached hydrogen (secondary N) is 1. The molecule has 0 fully saturated rings. The van der Waals surface area contributed by atoms with Gasteiger partial charge < -0.3 is 15.8 Å². The fraction of sp³-hybridized carbons (Fsp3) is 0.500. The Hall–Kier alpha value is -1.76. The molecule has 0 bridgehead atoms. The van der Waals surface area contributed by atoms with Crippen LogP contribution in [0.25, 0.3) is 0 Å². The first kappa shape index (κ1) is 17.3. The third kappa shape index (κ3) is 3.87. The topological polar surface area (TPSA) is 64.4 Å². The molecule has 0 aliphatic carbocycles. The number of nitrogens with two attached hydrogens (primary N) is 1. The summed E-state index contributed by atoms with van der Waals surface area (Å²) in [5.74, 6) is -0.575. The predicted octanol–water partition coefficient (Wildman–Crippen LogP) is 3.17. The lowest BCUT2D eigenvalue weighted by Gasteiger charge is -2.26. The molecule has 0 radical (unpaired) electrons. The van der Waals surface area contributed by atoms with E-state index in [9.17, 15) is 18.0 Å². The van der Waals surface area contributed by atoms with Gasteiger partial charge in [0.05, 0.1) is 23.9 Å². The van der Waals surface area contributed by atoms with Crippen LogP contribution in [0.1, 0.15) is 32.3 Å². The van der Waals surface area contributed by atoms with Crippen molar-refractivity contribution in [3.8, 4) is 5.75 Å². The first-order valence-electron chi connectivity index (χ1n) is 6.53. The quantitative estimate of drug-likeness (QED) is 0.878. The van der Waals surface area contributed by atoms with Gasteiger partial charge in [0.25, 0.3) is 0 Å². The lowest BCUT2D eigenvalue weighted by Crippen LogP contribution is -2.50. The van der Waals surface area contributed by atoms with Crippen LogP contribution in [0.15, 0.2) is 18.2 Å². The molecular weight excluding hydrogens is 285 g/mol. The lowest BCUT2D eigenvalue weighted by atomic mass is 9.93. The molecule has 118 valence electrons. The second-order valence-electron chi connectivity index (χ2n) is 4.73. The van der Waals surface area contributed by atoms with E-state index in [0.717, 1.165) is 12.1 Å². The maximum absolute atomic E-state index is 13.0. The molecule has 7 heteroatoms. The highest BCUT2D eigenvalue weighted by atomic mass is 19.4. The lowest BCUT2D eigenvalue weighted by molar-refractivity contribution is -0.137. The van der Waals surface area contributed by atoms with Crippen LogP contribution in [-0.4, -0.2) is 18.6 Å². The number of benzene rings is 1. The van der Waals surface area contributed by atoms with Gasteiger partial charge in [-0.2, -0.15) is 13.2 Å². The van der Waals surface area contributed by atoms with Gasteiger partial charge in [-0.1, -0.05) is 13.8 Å². The third-order valence-corrected chi connectivity index (χ3v) is 3.49. The molecule has 1 aromatic carbocycles. The summed E-state index contributed by atoms with van der Waals surface area (Å²) in [5.41, 5.74) is 3.40. The van der Waals surface area contributed by atoms with Crippen LogP contribution in [0.2, 0.25) is 0 Å². The molecule has 3 N–H and O–H groups in total. The van der Waals surface area contributed by atoms with Crippen molar-refractivity contribution in [2.45, 2.75) is 38.4 Å². The number of carbonyl (C=O) groups excluding carboxylic acids is 1. The van der Waals surface area contributed by atoms with Gasteiger partial charge in [-0.05, 0) is 31.0 Å². The second kappa shape index (κ2) is 6.34. The number of hydrogen-bond donors (Lipinski definition) is 2. The van der Waals surface area contributed by atoms with E-state index >= 15 is 0 Å². The summed E-state index contributed by atoms with van der Waals surface area (Å²) in [6.45, 7) is 3.42. The molecule has 0 unspecified atom stereocenters. The molecule has 4 nitrogen and oxygen atoms in total. The van der Waals surface area contributed by atoms with Gasteiger partial charge in [-0.15, -0.1) is 0 Å². The monoisotopic (exact) mass is 304 g/mol. The summed E-state index contributed by atoms with van der Waals surface area (Å²) in [4.78, 5) is 12.1. The van der Waals surface area contributed by atoms with Gasteiger partial charge in [0.2, 0.25) is 5.91 Å². The molecule has 0 heterocycles. The highest BCUT2D eigenvalue weighted by molar-refractivity contribution is 5.98. The molecule has 0 saturated heterocycles. The number of hydrogen-bond acceptors (Lipinski definition) is 3. The van der Waals surface area contributed by atoms with Crippen LogP contribution in [0.5, 0.6) is 5.75 Å². The largest absolute Gasteiger partial charge is 0.497 e. The van der Waals surface area contributed by atoms with Gasteiger partial charge in [-0.25, -0.2) is 0 Å². The van der Waals surface area contributed by atoms with Crippen LogP contribution in [0, 0.1) is 0 Å². The summed E-state index contributed by atoms with van der Waals surface area (Å²) < 4.78 is 43.9. The third-order valence-electron chi connectivity index (χ3n) is 3.49. The van der Waals surface area contributed by atoms with E-state index in [1.807, 2.05) is 0 Å². The Kier molecular flexibility index (Phi) is 5.22. The van der Waals surface area contributed by atoms with Gasteiger partial charge in [-0.3, -0.25) is 4.79 Å². The smallest absolute Gasteiger partial charge is 0.418 e. The van der Waals surface area contributed by atoms with Gasteiger partial charge >= 0.3 is 6.18 Å². The molecule has 0 aliphatic heterocycles. The van der Waals surface area contributed by atoms with Crippen molar-refractivity contribution in [2.75, 3.05) is 12.4 Å². The van der Waals surface area contributed by atoms with Crippen LogP contribution in [-0.2, 0) is 11.0 Å². The van der Waals surface area contributed by atoms with Crippen LogP contribution >= 0.6 is 0 Å². The normalized spacial score (nSPS) is 12.1. The Morgan fingerprint density at radius 2 is 1.86 bits per heavy atom. The number of halogens is 3. The number of carbonyl (C=O) groups is 1. The summed E-state index contributed by atoms with van der Waals surface area (Å²) in [5, 5.41) is 2.27. The van der Waals surface area contributed by atoms with Crippen LogP contribution in [0.4, 0.5) is 18.9 Å². The molecule has 1 aromatic rings. The molecule has 0 aliphatic rings. The van der Waals surface area contributed by atoms with Crippen molar-refractivity contribution in [1.82, 2.24) is 0 Å². The molecule has 0 saturated carbocycles. The van der Waals surface area contributed by atoms with Crippen molar-refractivity contribution in [1.29, 1.82) is 0 Å². The zero-order chi connectivity index (χ0) is 16.3. The van der Waals surface area contributed by atoms with Crippen molar-refractivity contribution in [3.63, 3.8) is 0 Å². The second-order valence-corrected chi connectivity index (χ2v) is 4.73. The van der Waals surface area contributed by atoms with E-state index in [2.05, 4.69) is 5.32 Å². The number of anilines is 1. The fourth-order valence-electron chi connectivity index (χ4n) is 1.81. The zero-order valence-electron chi connectivity index (χ0n) is 12.2. The molecule has 0 spiro atoms. The minimum atomic E-state index is -4.60. The first-order chi connectivity index (χ1) is 9.67. The van der Waals surface area contributed by atoms with E-state index in [4.69, 9.17) is 10.5 Å². The molecule has 1 amide bonds. The van der Waals surface area contributed by atoms with Crippen LogP contribution in [0.3, 0.4) is 0 Å². The highest BCUT2D eigenvalue weighted by Crippen LogP contribution is 2.37. The van der Waals surface area contributed by atoms with E-state index < -0.39 is 23.2 Å². The van der Waals surface area contributed by atoms with Crippen molar-refractivity contribution < 1.29 is 22.7 Å². The fourth-order valence-corrected chi connectivity index (χ4v) is 1.81. The average molecular weight is 304 g/mol.